The molecule has 0 unspecified atom stereocenters. The van der Waals surface area contributed by atoms with Crippen molar-refractivity contribution in [1.82, 2.24) is 0 Å². The van der Waals surface area contributed by atoms with E-state index >= 15 is 0 Å². The second kappa shape index (κ2) is 14.1. The van der Waals surface area contributed by atoms with Crippen LogP contribution in [0.5, 0.6) is 0 Å². The topological polar surface area (TPSA) is 24.7 Å². The van der Waals surface area contributed by atoms with Crippen LogP contribution in [0.4, 0.5) is 0 Å². The fraction of sp³-hybridized carbons (Fsp3) is 0.286. The summed E-state index contributed by atoms with van der Waals surface area (Å²) in [6.45, 7) is 14.1. The van der Waals surface area contributed by atoms with Crippen LogP contribution in [0.25, 0.3) is 11.1 Å². The summed E-state index contributed by atoms with van der Waals surface area (Å²) < 4.78 is 0. The lowest BCUT2D eigenvalue weighted by atomic mass is 9.98. The minimum absolute atomic E-state index is 0.785. The fourth-order valence-electron chi connectivity index (χ4n) is 2.90. The van der Waals surface area contributed by atoms with Gasteiger partial charge in [0.25, 0.3) is 0 Å². The van der Waals surface area contributed by atoms with Crippen LogP contribution in [0, 0.1) is 6.92 Å². The zero-order valence-corrected chi connectivity index (χ0v) is 19.6. The van der Waals surface area contributed by atoms with Gasteiger partial charge >= 0.3 is 0 Å². The van der Waals surface area contributed by atoms with Gasteiger partial charge < -0.3 is 0 Å². The molecule has 0 amide bonds. The first-order valence-electron chi connectivity index (χ1n) is 11.2. The Kier molecular flexibility index (Phi) is 11.7. The maximum absolute atomic E-state index is 4.39. The van der Waals surface area contributed by atoms with E-state index in [0.29, 0.717) is 0 Å². The van der Waals surface area contributed by atoms with Crippen molar-refractivity contribution < 1.29 is 0 Å². The Hall–Kier alpha value is -3.00. The third kappa shape index (κ3) is 6.81. The van der Waals surface area contributed by atoms with Gasteiger partial charge in [-0.25, -0.2) is 0 Å². The highest BCUT2D eigenvalue weighted by atomic mass is 15.2. The Bertz CT molecular complexity index is 903. The first-order valence-corrected chi connectivity index (χ1v) is 11.2. The summed E-state index contributed by atoms with van der Waals surface area (Å²) in [5, 5.41) is 8.77. The Morgan fingerprint density at radius 2 is 0.833 bits per heavy atom. The quantitative estimate of drug-likeness (QED) is 0.422. The Morgan fingerprint density at radius 3 is 1.30 bits per heavy atom. The molecule has 0 bridgehead atoms. The second-order valence-corrected chi connectivity index (χ2v) is 6.08. The van der Waals surface area contributed by atoms with Gasteiger partial charge in [0.2, 0.25) is 0 Å². The van der Waals surface area contributed by atoms with E-state index in [2.05, 4.69) is 89.9 Å². The highest BCUT2D eigenvalue weighted by Crippen LogP contribution is 2.22. The van der Waals surface area contributed by atoms with Crippen LogP contribution in [-0.4, -0.2) is 11.4 Å². The summed E-state index contributed by atoms with van der Waals surface area (Å²) in [7, 11) is 0. The van der Waals surface area contributed by atoms with Crippen LogP contribution in [0.2, 0.25) is 0 Å². The summed E-state index contributed by atoms with van der Waals surface area (Å²) in [5.41, 5.74) is 8.07. The molecule has 0 saturated carbocycles. The van der Waals surface area contributed by atoms with Gasteiger partial charge in [0, 0.05) is 6.42 Å². The number of nitrogens with zero attached hydrogens (tertiary/aromatic N) is 2. The predicted octanol–water partition coefficient (Wildman–Crippen LogP) is 8.34. The molecule has 3 aromatic rings. The van der Waals surface area contributed by atoms with E-state index < -0.39 is 0 Å². The SMILES string of the molecule is CC.CC.CC.Cc1ccc(C2=NN=C(c3ccc(-c4ccccc4)cc3)C2)cc1. The number of hydrogen-bond acceptors (Lipinski definition) is 2. The van der Waals surface area contributed by atoms with E-state index in [1.54, 1.807) is 0 Å². The van der Waals surface area contributed by atoms with E-state index in [4.69, 9.17) is 0 Å². The van der Waals surface area contributed by atoms with Crippen molar-refractivity contribution in [2.45, 2.75) is 54.9 Å². The summed E-state index contributed by atoms with van der Waals surface area (Å²) in [4.78, 5) is 0. The molecule has 4 rings (SSSR count). The third-order valence-corrected chi connectivity index (χ3v) is 4.34. The van der Waals surface area contributed by atoms with Crippen molar-refractivity contribution in [3.05, 3.63) is 95.6 Å². The molecule has 0 aliphatic carbocycles. The van der Waals surface area contributed by atoms with Gasteiger partial charge in [-0.15, -0.1) is 0 Å². The average Bonchev–Trinajstić information content (AvgIpc) is 3.34. The molecule has 3 aromatic carbocycles. The molecule has 0 atom stereocenters. The van der Waals surface area contributed by atoms with Gasteiger partial charge in [-0.3, -0.25) is 0 Å². The van der Waals surface area contributed by atoms with E-state index in [0.717, 1.165) is 29.0 Å². The van der Waals surface area contributed by atoms with Gasteiger partial charge in [-0.1, -0.05) is 126 Å². The predicted molar refractivity (Wildman–Crippen MR) is 135 cm³/mol. The van der Waals surface area contributed by atoms with Gasteiger partial charge in [0.1, 0.15) is 0 Å². The minimum atomic E-state index is 0.785. The van der Waals surface area contributed by atoms with Gasteiger partial charge in [0.15, 0.2) is 0 Å². The zero-order valence-electron chi connectivity index (χ0n) is 19.6. The molecular weight excluding hydrogens is 364 g/mol. The number of hydrogen-bond donors (Lipinski definition) is 0. The monoisotopic (exact) mass is 400 g/mol. The zero-order chi connectivity index (χ0) is 22.4. The summed E-state index contributed by atoms with van der Waals surface area (Å²) in [6, 6.07) is 27.4. The molecule has 0 fully saturated rings. The molecular formula is C28H36N2. The first kappa shape index (κ1) is 25.0. The molecule has 0 radical (unpaired) electrons. The Balaban J connectivity index is 0.000000691. The number of rotatable bonds is 3. The number of benzene rings is 3. The molecule has 158 valence electrons. The second-order valence-electron chi connectivity index (χ2n) is 6.08. The normalized spacial score (nSPS) is 11.4. The highest BCUT2D eigenvalue weighted by Gasteiger charge is 2.16. The van der Waals surface area contributed by atoms with Crippen LogP contribution in [0.3, 0.4) is 0 Å². The molecule has 0 aromatic heterocycles. The van der Waals surface area contributed by atoms with Crippen LogP contribution < -0.4 is 0 Å². The van der Waals surface area contributed by atoms with Gasteiger partial charge in [-0.05, 0) is 29.2 Å². The summed E-state index contributed by atoms with van der Waals surface area (Å²) in [5.74, 6) is 0. The van der Waals surface area contributed by atoms with Crippen molar-refractivity contribution >= 4 is 11.4 Å². The smallest absolute Gasteiger partial charge is 0.0763 e. The van der Waals surface area contributed by atoms with Crippen LogP contribution in [0.15, 0.2) is 89.1 Å². The summed E-state index contributed by atoms with van der Waals surface area (Å²) >= 11 is 0. The van der Waals surface area contributed by atoms with Gasteiger partial charge in [-0.2, -0.15) is 10.2 Å². The van der Waals surface area contributed by atoms with E-state index in [9.17, 15) is 0 Å². The van der Waals surface area contributed by atoms with E-state index in [-0.39, 0.29) is 0 Å². The van der Waals surface area contributed by atoms with E-state index in [1.165, 1.54) is 16.7 Å². The largest absolute Gasteiger partial charge is 0.154 e. The lowest BCUT2D eigenvalue weighted by molar-refractivity contribution is 1.26. The van der Waals surface area contributed by atoms with Crippen LogP contribution in [-0.2, 0) is 0 Å². The molecule has 1 aliphatic heterocycles. The Morgan fingerprint density at radius 1 is 0.467 bits per heavy atom. The average molecular weight is 401 g/mol. The molecule has 0 N–H and O–H groups in total. The van der Waals surface area contributed by atoms with Crippen molar-refractivity contribution in [3.63, 3.8) is 0 Å². The van der Waals surface area contributed by atoms with Crippen molar-refractivity contribution in [2.75, 3.05) is 0 Å². The molecule has 2 heteroatoms. The number of aryl methyl sites for hydroxylation is 1. The van der Waals surface area contributed by atoms with Crippen molar-refractivity contribution in [1.29, 1.82) is 0 Å². The lowest BCUT2D eigenvalue weighted by Crippen LogP contribution is -2.05. The highest BCUT2D eigenvalue weighted by molar-refractivity contribution is 6.20. The molecule has 1 heterocycles. The maximum Gasteiger partial charge on any atom is 0.0763 e. The maximum atomic E-state index is 4.39. The van der Waals surface area contributed by atoms with Crippen molar-refractivity contribution in [3.8, 4) is 11.1 Å². The van der Waals surface area contributed by atoms with Crippen LogP contribution in [0.1, 0.15) is 64.7 Å². The summed E-state index contributed by atoms with van der Waals surface area (Å²) in [6.07, 6.45) is 0.785. The lowest BCUT2D eigenvalue weighted by Gasteiger charge is -2.05. The minimum Gasteiger partial charge on any atom is -0.154 e. The molecule has 0 saturated heterocycles. The molecule has 30 heavy (non-hydrogen) atoms. The Labute approximate surface area is 183 Å². The first-order chi connectivity index (χ1) is 14.8. The van der Waals surface area contributed by atoms with E-state index in [1.807, 2.05) is 47.6 Å². The van der Waals surface area contributed by atoms with Gasteiger partial charge in [0.05, 0.1) is 11.4 Å². The van der Waals surface area contributed by atoms with Crippen LogP contribution >= 0.6 is 0 Å². The molecule has 0 spiro atoms. The molecule has 1 aliphatic rings. The third-order valence-electron chi connectivity index (χ3n) is 4.34. The fourth-order valence-corrected chi connectivity index (χ4v) is 2.90. The molecule has 2 nitrogen and oxygen atoms in total. The van der Waals surface area contributed by atoms with Crippen molar-refractivity contribution in [2.24, 2.45) is 10.2 Å². The standard InChI is InChI=1S/C22H18N2.3C2H6/c1-16-7-9-19(10-8-16)21-15-22(24-23-21)20-13-11-18(12-14-20)17-5-3-2-4-6-17;3*1-2/h2-14H,15H2,1H3;3*1-2H3.